The average molecular weight is 425 g/mol. The zero-order valence-corrected chi connectivity index (χ0v) is 18.2. The van der Waals surface area contributed by atoms with Crippen LogP contribution in [-0.2, 0) is 14.8 Å². The molecule has 0 spiro atoms. The van der Waals surface area contributed by atoms with Gasteiger partial charge in [-0.25, -0.2) is 8.42 Å². The molecule has 0 unspecified atom stereocenters. The Morgan fingerprint density at radius 2 is 2.00 bits per heavy atom. The summed E-state index contributed by atoms with van der Waals surface area (Å²) in [5.74, 6) is 1.21. The van der Waals surface area contributed by atoms with Gasteiger partial charge in [-0.1, -0.05) is 33.1 Å². The van der Waals surface area contributed by atoms with Crippen LogP contribution >= 0.6 is 0 Å². The lowest BCUT2D eigenvalue weighted by molar-refractivity contribution is -0.124. The van der Waals surface area contributed by atoms with E-state index >= 15 is 0 Å². The van der Waals surface area contributed by atoms with Crippen LogP contribution in [0.3, 0.4) is 0 Å². The number of unbranched alkanes of at least 4 members (excludes halogenated alkanes) is 1. The number of hydrogen-bond acceptors (Lipinski definition) is 5. The van der Waals surface area contributed by atoms with Gasteiger partial charge < -0.3 is 14.8 Å². The van der Waals surface area contributed by atoms with Gasteiger partial charge in [-0.15, -0.1) is 0 Å². The van der Waals surface area contributed by atoms with E-state index in [0.29, 0.717) is 56.6 Å². The first-order valence-electron chi connectivity index (χ1n) is 10.7. The first kappa shape index (κ1) is 21.9. The maximum atomic E-state index is 13.2. The van der Waals surface area contributed by atoms with Crippen molar-refractivity contribution in [1.82, 2.24) is 9.62 Å². The first-order chi connectivity index (χ1) is 14.0. The highest BCUT2D eigenvalue weighted by Crippen LogP contribution is 2.34. The van der Waals surface area contributed by atoms with E-state index < -0.39 is 16.1 Å². The Labute approximate surface area is 173 Å². The minimum Gasteiger partial charge on any atom is -0.486 e. The van der Waals surface area contributed by atoms with Gasteiger partial charge in [0.1, 0.15) is 19.3 Å². The number of carbonyl (C=O) groups is 1. The molecule has 7 nitrogen and oxygen atoms in total. The monoisotopic (exact) mass is 424 g/mol. The Morgan fingerprint density at radius 3 is 2.72 bits per heavy atom. The largest absolute Gasteiger partial charge is 0.486 e. The topological polar surface area (TPSA) is 84.9 Å². The molecule has 1 saturated heterocycles. The van der Waals surface area contributed by atoms with E-state index in [0.717, 1.165) is 25.7 Å². The number of nitrogens with zero attached hydrogens (tertiary/aromatic N) is 1. The molecule has 0 saturated carbocycles. The Kier molecular flexibility index (Phi) is 7.40. The number of nitrogens with one attached hydrogen (secondary N) is 1. The summed E-state index contributed by atoms with van der Waals surface area (Å²) in [6.45, 7) is 6.07. The van der Waals surface area contributed by atoms with Gasteiger partial charge in [0.2, 0.25) is 15.9 Å². The van der Waals surface area contributed by atoms with Crippen LogP contribution in [0.1, 0.15) is 52.4 Å². The molecule has 0 radical (unpaired) electrons. The molecular formula is C21H32N2O5S. The molecule has 2 atom stereocenters. The molecule has 0 aliphatic carbocycles. The van der Waals surface area contributed by atoms with Crippen LogP contribution in [0.5, 0.6) is 11.5 Å². The highest BCUT2D eigenvalue weighted by Gasteiger charge is 2.39. The summed E-state index contributed by atoms with van der Waals surface area (Å²) in [6.07, 6.45) is 5.58. The van der Waals surface area contributed by atoms with Gasteiger partial charge in [0.15, 0.2) is 11.5 Å². The predicted molar refractivity (Wildman–Crippen MR) is 111 cm³/mol. The van der Waals surface area contributed by atoms with Gasteiger partial charge in [0.25, 0.3) is 0 Å². The highest BCUT2D eigenvalue weighted by atomic mass is 32.2. The third kappa shape index (κ3) is 5.04. The van der Waals surface area contributed by atoms with Crippen molar-refractivity contribution in [1.29, 1.82) is 0 Å². The number of rotatable bonds is 9. The van der Waals surface area contributed by atoms with Crippen molar-refractivity contribution in [3.05, 3.63) is 18.2 Å². The summed E-state index contributed by atoms with van der Waals surface area (Å²) in [7, 11) is -3.79. The van der Waals surface area contributed by atoms with Crippen LogP contribution in [-0.4, -0.2) is 51.0 Å². The predicted octanol–water partition coefficient (Wildman–Crippen LogP) is 2.94. The SMILES string of the molecule is CCCC[C@@H](CC)CNC(=O)[C@H]1CCCN1S(=O)(=O)c1ccc2c(c1)OCCO2. The van der Waals surface area contributed by atoms with E-state index in [9.17, 15) is 13.2 Å². The fraction of sp³-hybridized carbons (Fsp3) is 0.667. The normalized spacial score (nSPS) is 20.4. The summed E-state index contributed by atoms with van der Waals surface area (Å²) in [5.41, 5.74) is 0. The molecular weight excluding hydrogens is 392 g/mol. The molecule has 3 rings (SSSR count). The molecule has 1 fully saturated rings. The van der Waals surface area contributed by atoms with Crippen molar-refractivity contribution < 1.29 is 22.7 Å². The average Bonchev–Trinajstić information content (AvgIpc) is 3.24. The van der Waals surface area contributed by atoms with Gasteiger partial charge in [-0.2, -0.15) is 4.31 Å². The van der Waals surface area contributed by atoms with Crippen LogP contribution in [0.4, 0.5) is 0 Å². The second-order valence-corrected chi connectivity index (χ2v) is 9.63. The molecule has 2 heterocycles. The summed E-state index contributed by atoms with van der Waals surface area (Å²) in [5, 5.41) is 3.00. The third-order valence-corrected chi connectivity index (χ3v) is 7.64. The summed E-state index contributed by atoms with van der Waals surface area (Å²) in [4.78, 5) is 12.9. The van der Waals surface area contributed by atoms with Crippen LogP contribution in [0, 0.1) is 5.92 Å². The number of amides is 1. The molecule has 1 N–H and O–H groups in total. The minimum atomic E-state index is -3.79. The van der Waals surface area contributed by atoms with E-state index in [4.69, 9.17) is 9.47 Å². The van der Waals surface area contributed by atoms with Gasteiger partial charge in [-0.3, -0.25) is 4.79 Å². The highest BCUT2D eigenvalue weighted by molar-refractivity contribution is 7.89. The van der Waals surface area contributed by atoms with Crippen LogP contribution in [0.2, 0.25) is 0 Å². The molecule has 1 amide bonds. The summed E-state index contributed by atoms with van der Waals surface area (Å²) in [6, 6.07) is 3.98. The second kappa shape index (κ2) is 9.80. The molecule has 0 bridgehead atoms. The summed E-state index contributed by atoms with van der Waals surface area (Å²) >= 11 is 0. The Balaban J connectivity index is 1.69. The Bertz CT molecular complexity index is 811. The number of carbonyl (C=O) groups excluding carboxylic acids is 1. The second-order valence-electron chi connectivity index (χ2n) is 7.74. The number of ether oxygens (including phenoxy) is 2. The lowest BCUT2D eigenvalue weighted by Crippen LogP contribution is -2.46. The molecule has 162 valence electrons. The molecule has 0 aromatic heterocycles. The zero-order valence-electron chi connectivity index (χ0n) is 17.4. The fourth-order valence-corrected chi connectivity index (χ4v) is 5.59. The van der Waals surface area contributed by atoms with E-state index in [-0.39, 0.29) is 10.8 Å². The third-order valence-electron chi connectivity index (χ3n) is 5.73. The smallest absolute Gasteiger partial charge is 0.243 e. The van der Waals surface area contributed by atoms with Gasteiger partial charge in [-0.05, 0) is 37.3 Å². The number of fused-ring (bicyclic) bond motifs is 1. The van der Waals surface area contributed by atoms with Crippen molar-refractivity contribution in [2.45, 2.75) is 63.3 Å². The fourth-order valence-electron chi connectivity index (χ4n) is 3.92. The van der Waals surface area contributed by atoms with Crippen LogP contribution in [0.15, 0.2) is 23.1 Å². The standard InChI is InChI=1S/C21H32N2O5S/c1-3-5-7-16(4-2)15-22-21(24)18-8-6-11-23(18)29(25,26)17-9-10-19-20(14-17)28-13-12-27-19/h9-10,14,16,18H,3-8,11-13,15H2,1-2H3,(H,22,24)/t16-,18-/m1/s1. The van der Waals surface area contributed by atoms with Crippen molar-refractivity contribution in [3.8, 4) is 11.5 Å². The molecule has 8 heteroatoms. The Morgan fingerprint density at radius 1 is 1.24 bits per heavy atom. The first-order valence-corrected chi connectivity index (χ1v) is 12.1. The van der Waals surface area contributed by atoms with E-state index in [1.807, 2.05) is 0 Å². The number of hydrogen-bond donors (Lipinski definition) is 1. The van der Waals surface area contributed by atoms with Gasteiger partial charge >= 0.3 is 0 Å². The van der Waals surface area contributed by atoms with E-state index in [1.54, 1.807) is 6.07 Å². The Hall–Kier alpha value is -1.80. The van der Waals surface area contributed by atoms with Gasteiger partial charge in [0.05, 0.1) is 4.90 Å². The van der Waals surface area contributed by atoms with Crippen LogP contribution < -0.4 is 14.8 Å². The quantitative estimate of drug-likeness (QED) is 0.659. The molecule has 2 aliphatic heterocycles. The zero-order chi connectivity index (χ0) is 20.9. The molecule has 1 aromatic rings. The lowest BCUT2D eigenvalue weighted by atomic mass is 9.99. The van der Waals surface area contributed by atoms with E-state index in [1.165, 1.54) is 16.4 Å². The van der Waals surface area contributed by atoms with E-state index in [2.05, 4.69) is 19.2 Å². The van der Waals surface area contributed by atoms with Gasteiger partial charge in [0, 0.05) is 19.2 Å². The van der Waals surface area contributed by atoms with Crippen LogP contribution in [0.25, 0.3) is 0 Å². The maximum absolute atomic E-state index is 13.2. The van der Waals surface area contributed by atoms with Crippen molar-refractivity contribution in [3.63, 3.8) is 0 Å². The van der Waals surface area contributed by atoms with Crippen molar-refractivity contribution in [2.75, 3.05) is 26.3 Å². The van der Waals surface area contributed by atoms with Crippen molar-refractivity contribution in [2.24, 2.45) is 5.92 Å². The molecule has 29 heavy (non-hydrogen) atoms. The summed E-state index contributed by atoms with van der Waals surface area (Å²) < 4.78 is 38.8. The molecule has 1 aromatic carbocycles. The number of benzene rings is 1. The number of sulfonamides is 1. The minimum absolute atomic E-state index is 0.135. The van der Waals surface area contributed by atoms with Crippen molar-refractivity contribution >= 4 is 15.9 Å². The lowest BCUT2D eigenvalue weighted by Gasteiger charge is -2.25. The maximum Gasteiger partial charge on any atom is 0.243 e. The molecule has 2 aliphatic rings.